The summed E-state index contributed by atoms with van der Waals surface area (Å²) < 4.78 is 26.9. The molecule has 0 heterocycles. The molecule has 1 aromatic carbocycles. The molecule has 0 aliphatic heterocycles. The lowest BCUT2D eigenvalue weighted by atomic mass is 10.2. The van der Waals surface area contributed by atoms with E-state index in [1.165, 1.54) is 18.9 Å². The monoisotopic (exact) mass is 270 g/mol. The molecule has 0 radical (unpaired) electrons. The molecule has 1 aliphatic carbocycles. The molecule has 0 amide bonds. The molecule has 0 saturated heterocycles. The van der Waals surface area contributed by atoms with Crippen LogP contribution in [0.4, 0.5) is 14.5 Å². The minimum absolute atomic E-state index is 0.00563. The Bertz CT molecular complexity index is 476. The Kier molecular flexibility index (Phi) is 4.31. The van der Waals surface area contributed by atoms with Gasteiger partial charge in [0.05, 0.1) is 11.3 Å². The van der Waals surface area contributed by atoms with E-state index in [1.54, 1.807) is 0 Å². The quantitative estimate of drug-likeness (QED) is 0.665. The van der Waals surface area contributed by atoms with E-state index in [4.69, 9.17) is 5.11 Å². The predicted molar refractivity (Wildman–Crippen MR) is 67.4 cm³/mol. The summed E-state index contributed by atoms with van der Waals surface area (Å²) >= 11 is 0. The van der Waals surface area contributed by atoms with E-state index in [0.29, 0.717) is 12.6 Å². The third-order valence-electron chi connectivity index (χ3n) is 2.99. The number of hydrogen-bond donors (Lipinski definition) is 3. The van der Waals surface area contributed by atoms with Gasteiger partial charge in [-0.15, -0.1) is 0 Å². The maximum absolute atomic E-state index is 13.6. The lowest BCUT2D eigenvalue weighted by Crippen LogP contribution is -2.20. The average molecular weight is 270 g/mol. The fraction of sp³-hybridized carbons (Fsp3) is 0.462. The van der Waals surface area contributed by atoms with Crippen LogP contribution in [0.5, 0.6) is 0 Å². The summed E-state index contributed by atoms with van der Waals surface area (Å²) in [5.74, 6) is -3.94. The van der Waals surface area contributed by atoms with Gasteiger partial charge in [-0.2, -0.15) is 0 Å². The first-order chi connectivity index (χ1) is 9.09. The molecule has 2 rings (SSSR count). The number of carbonyl (C=O) groups is 1. The molecule has 1 saturated carbocycles. The second kappa shape index (κ2) is 5.97. The normalized spacial score (nSPS) is 14.4. The van der Waals surface area contributed by atoms with E-state index < -0.39 is 23.2 Å². The number of halogens is 2. The van der Waals surface area contributed by atoms with Gasteiger partial charge in [-0.25, -0.2) is 13.6 Å². The van der Waals surface area contributed by atoms with Gasteiger partial charge in [-0.05, 0) is 37.9 Å². The summed E-state index contributed by atoms with van der Waals surface area (Å²) in [4.78, 5) is 10.6. The van der Waals surface area contributed by atoms with Crippen LogP contribution in [-0.4, -0.2) is 30.2 Å². The van der Waals surface area contributed by atoms with Crippen molar-refractivity contribution in [1.29, 1.82) is 0 Å². The second-order valence-corrected chi connectivity index (χ2v) is 4.60. The Morgan fingerprint density at radius 2 is 2.00 bits per heavy atom. The highest BCUT2D eigenvalue weighted by atomic mass is 19.2. The Labute approximate surface area is 109 Å². The van der Waals surface area contributed by atoms with Crippen LogP contribution in [-0.2, 0) is 0 Å². The van der Waals surface area contributed by atoms with Crippen LogP contribution >= 0.6 is 0 Å². The maximum atomic E-state index is 13.6. The van der Waals surface area contributed by atoms with E-state index in [0.717, 1.165) is 19.0 Å². The molecule has 1 fully saturated rings. The zero-order chi connectivity index (χ0) is 13.8. The van der Waals surface area contributed by atoms with Gasteiger partial charge >= 0.3 is 5.97 Å². The van der Waals surface area contributed by atoms with Crippen LogP contribution < -0.4 is 10.6 Å². The maximum Gasteiger partial charge on any atom is 0.338 e. The molecular weight excluding hydrogens is 254 g/mol. The average Bonchev–Trinajstić information content (AvgIpc) is 3.17. The summed E-state index contributed by atoms with van der Waals surface area (Å²) in [7, 11) is 0. The summed E-state index contributed by atoms with van der Waals surface area (Å²) in [5, 5.41) is 14.7. The van der Waals surface area contributed by atoms with Crippen LogP contribution in [0.25, 0.3) is 0 Å². The Morgan fingerprint density at radius 3 is 2.63 bits per heavy atom. The minimum atomic E-state index is -1.48. The van der Waals surface area contributed by atoms with Crippen molar-refractivity contribution in [3.8, 4) is 0 Å². The van der Waals surface area contributed by atoms with Gasteiger partial charge in [0.1, 0.15) is 0 Å². The van der Waals surface area contributed by atoms with Crippen molar-refractivity contribution in [3.05, 3.63) is 29.3 Å². The SMILES string of the molecule is O=C(O)c1ccc(NCCCNC2CC2)c(F)c1F. The van der Waals surface area contributed by atoms with Crippen LogP contribution in [0.1, 0.15) is 29.6 Å². The smallest absolute Gasteiger partial charge is 0.338 e. The first-order valence-corrected chi connectivity index (χ1v) is 6.28. The third kappa shape index (κ3) is 3.64. The summed E-state index contributed by atoms with van der Waals surface area (Å²) in [6.07, 6.45) is 3.21. The molecule has 0 bridgehead atoms. The standard InChI is InChI=1S/C13H16F2N2O2/c14-11-9(13(18)19)4-5-10(12(11)15)17-7-1-6-16-8-2-3-8/h4-5,8,16-17H,1-3,6-7H2,(H,18,19). The van der Waals surface area contributed by atoms with Gasteiger partial charge in [0.15, 0.2) is 11.6 Å². The predicted octanol–water partition coefficient (Wildman–Crippen LogP) is 2.22. The highest BCUT2D eigenvalue weighted by molar-refractivity contribution is 5.88. The van der Waals surface area contributed by atoms with Crippen molar-refractivity contribution in [2.75, 3.05) is 18.4 Å². The number of rotatable bonds is 7. The molecule has 0 spiro atoms. The van der Waals surface area contributed by atoms with E-state index in [-0.39, 0.29) is 5.69 Å². The van der Waals surface area contributed by atoms with Gasteiger partial charge in [0, 0.05) is 12.6 Å². The number of anilines is 1. The fourth-order valence-electron chi connectivity index (χ4n) is 1.76. The van der Waals surface area contributed by atoms with Crippen molar-refractivity contribution in [1.82, 2.24) is 5.32 Å². The summed E-state index contributed by atoms with van der Waals surface area (Å²) in [6.45, 7) is 1.33. The molecule has 19 heavy (non-hydrogen) atoms. The number of nitrogens with one attached hydrogen (secondary N) is 2. The minimum Gasteiger partial charge on any atom is -0.478 e. The molecule has 4 nitrogen and oxygen atoms in total. The molecule has 0 unspecified atom stereocenters. The summed E-state index contributed by atoms with van der Waals surface area (Å²) in [6, 6.07) is 2.94. The number of aromatic carboxylic acids is 1. The number of hydrogen-bond acceptors (Lipinski definition) is 3. The first-order valence-electron chi connectivity index (χ1n) is 6.28. The van der Waals surface area contributed by atoms with Crippen LogP contribution in [0, 0.1) is 11.6 Å². The highest BCUT2D eigenvalue weighted by Gasteiger charge is 2.20. The number of carboxylic acids is 1. The molecule has 104 valence electrons. The van der Waals surface area contributed by atoms with Crippen LogP contribution in [0.15, 0.2) is 12.1 Å². The highest BCUT2D eigenvalue weighted by Crippen LogP contribution is 2.21. The second-order valence-electron chi connectivity index (χ2n) is 4.60. The molecule has 0 aromatic heterocycles. The van der Waals surface area contributed by atoms with E-state index in [2.05, 4.69) is 10.6 Å². The molecule has 6 heteroatoms. The summed E-state index contributed by atoms with van der Waals surface area (Å²) in [5.41, 5.74) is -0.660. The van der Waals surface area contributed by atoms with Crippen molar-refractivity contribution in [2.24, 2.45) is 0 Å². The lowest BCUT2D eigenvalue weighted by molar-refractivity contribution is 0.0690. The van der Waals surface area contributed by atoms with Crippen molar-refractivity contribution >= 4 is 11.7 Å². The van der Waals surface area contributed by atoms with Gasteiger partial charge in [-0.1, -0.05) is 0 Å². The zero-order valence-electron chi connectivity index (χ0n) is 10.4. The van der Waals surface area contributed by atoms with Crippen LogP contribution in [0.3, 0.4) is 0 Å². The Hall–Kier alpha value is -1.69. The molecule has 1 aliphatic rings. The van der Waals surface area contributed by atoms with Gasteiger partial charge in [-0.3, -0.25) is 0 Å². The Morgan fingerprint density at radius 1 is 1.26 bits per heavy atom. The van der Waals surface area contributed by atoms with Gasteiger partial charge in [0.2, 0.25) is 0 Å². The van der Waals surface area contributed by atoms with E-state index in [9.17, 15) is 13.6 Å². The van der Waals surface area contributed by atoms with E-state index in [1.807, 2.05) is 0 Å². The molecule has 0 atom stereocenters. The first kappa shape index (κ1) is 13.7. The van der Waals surface area contributed by atoms with Crippen LogP contribution in [0.2, 0.25) is 0 Å². The van der Waals surface area contributed by atoms with Crippen molar-refractivity contribution < 1.29 is 18.7 Å². The molecular formula is C13H16F2N2O2. The zero-order valence-corrected chi connectivity index (χ0v) is 10.4. The Balaban J connectivity index is 1.85. The number of carboxylic acid groups (broad SMARTS) is 1. The van der Waals surface area contributed by atoms with Crippen molar-refractivity contribution in [2.45, 2.75) is 25.3 Å². The lowest BCUT2D eigenvalue weighted by Gasteiger charge is -2.09. The van der Waals surface area contributed by atoms with Gasteiger partial charge < -0.3 is 15.7 Å². The third-order valence-corrected chi connectivity index (χ3v) is 2.99. The van der Waals surface area contributed by atoms with Gasteiger partial charge in [0.25, 0.3) is 0 Å². The molecule has 3 N–H and O–H groups in total. The van der Waals surface area contributed by atoms with E-state index >= 15 is 0 Å². The number of benzene rings is 1. The largest absolute Gasteiger partial charge is 0.478 e. The fourth-order valence-corrected chi connectivity index (χ4v) is 1.76. The molecule has 1 aromatic rings. The van der Waals surface area contributed by atoms with Crippen molar-refractivity contribution in [3.63, 3.8) is 0 Å². The topological polar surface area (TPSA) is 61.4 Å².